The average Bonchev–Trinajstić information content (AvgIpc) is 3.37. The van der Waals surface area contributed by atoms with Crippen LogP contribution in [0.25, 0.3) is 27.7 Å². The van der Waals surface area contributed by atoms with Gasteiger partial charge in [-0.1, -0.05) is 18.2 Å². The minimum absolute atomic E-state index is 0.0329. The Hall–Kier alpha value is -5.23. The number of primary amides is 1. The normalized spacial score (nSPS) is 11.2. The smallest absolute Gasteiger partial charge is 0.290 e. The van der Waals surface area contributed by atoms with Gasteiger partial charge in [0.25, 0.3) is 17.0 Å². The number of aromatic nitrogens is 4. The zero-order chi connectivity index (χ0) is 29.4. The SMILES string of the molecule is COCCn1c2c(C(=O)Nc3cccc(C(N)=O)c3)nc(C)cc2c(=O)n1-c1ccc(-c2c(C)on(C)c2=O)cc1. The summed E-state index contributed by atoms with van der Waals surface area (Å²) in [6.07, 6.45) is 0. The molecule has 3 N–H and O–H groups in total. The maximum atomic E-state index is 13.8. The molecule has 12 heteroatoms. The van der Waals surface area contributed by atoms with Crippen LogP contribution < -0.4 is 22.2 Å². The lowest BCUT2D eigenvalue weighted by molar-refractivity contribution is 0.0995. The van der Waals surface area contributed by atoms with Crippen molar-refractivity contribution >= 4 is 28.4 Å². The van der Waals surface area contributed by atoms with Crippen molar-refractivity contribution in [2.45, 2.75) is 20.4 Å². The zero-order valence-electron chi connectivity index (χ0n) is 22.9. The molecule has 210 valence electrons. The number of benzene rings is 2. The van der Waals surface area contributed by atoms with Gasteiger partial charge in [-0.2, -0.15) is 4.74 Å². The summed E-state index contributed by atoms with van der Waals surface area (Å²) < 4.78 is 15.0. The molecule has 41 heavy (non-hydrogen) atoms. The van der Waals surface area contributed by atoms with Crippen LogP contribution in [0, 0.1) is 13.8 Å². The van der Waals surface area contributed by atoms with E-state index >= 15 is 0 Å². The Balaban J connectivity index is 1.65. The monoisotopic (exact) mass is 556 g/mol. The third kappa shape index (κ3) is 4.96. The molecule has 0 aliphatic rings. The number of rotatable bonds is 8. The summed E-state index contributed by atoms with van der Waals surface area (Å²) in [5.41, 5.74) is 7.78. The number of hydrogen-bond donors (Lipinski definition) is 2. The van der Waals surface area contributed by atoms with Crippen molar-refractivity contribution in [1.29, 1.82) is 0 Å². The summed E-state index contributed by atoms with van der Waals surface area (Å²) in [5, 5.41) is 3.06. The number of anilines is 1. The number of aryl methyl sites for hydroxylation is 3. The number of nitrogens with zero attached hydrogens (tertiary/aromatic N) is 4. The van der Waals surface area contributed by atoms with Gasteiger partial charge >= 0.3 is 0 Å². The van der Waals surface area contributed by atoms with Crippen LogP contribution in [0.3, 0.4) is 0 Å². The van der Waals surface area contributed by atoms with Crippen LogP contribution in [0.15, 0.2) is 68.7 Å². The number of methoxy groups -OCH3 is 1. The number of hydrogen-bond acceptors (Lipinski definition) is 7. The number of carbonyl (C=O) groups excluding carboxylic acids is 2. The molecule has 0 unspecified atom stereocenters. The first kappa shape index (κ1) is 27.3. The molecule has 0 atom stereocenters. The van der Waals surface area contributed by atoms with Gasteiger partial charge in [0.1, 0.15) is 11.3 Å². The molecule has 0 aliphatic heterocycles. The fourth-order valence-corrected chi connectivity index (χ4v) is 4.86. The summed E-state index contributed by atoms with van der Waals surface area (Å²) >= 11 is 0. The Morgan fingerprint density at radius 3 is 2.41 bits per heavy atom. The van der Waals surface area contributed by atoms with Gasteiger partial charge in [0, 0.05) is 31.1 Å². The van der Waals surface area contributed by atoms with Crippen LogP contribution in [0.4, 0.5) is 5.69 Å². The Labute approximate surface area is 233 Å². The highest BCUT2D eigenvalue weighted by molar-refractivity contribution is 6.11. The first-order valence-corrected chi connectivity index (χ1v) is 12.7. The van der Waals surface area contributed by atoms with E-state index in [4.69, 9.17) is 15.0 Å². The van der Waals surface area contributed by atoms with E-state index in [9.17, 15) is 19.2 Å². The quantitative estimate of drug-likeness (QED) is 0.298. The number of ether oxygens (including phenoxy) is 1. The Morgan fingerprint density at radius 1 is 1.05 bits per heavy atom. The van der Waals surface area contributed by atoms with Crippen molar-refractivity contribution in [3.63, 3.8) is 0 Å². The molecule has 5 aromatic rings. The van der Waals surface area contributed by atoms with Crippen LogP contribution in [0.1, 0.15) is 32.3 Å². The second-order valence-corrected chi connectivity index (χ2v) is 9.51. The van der Waals surface area contributed by atoms with Gasteiger partial charge in [0.2, 0.25) is 5.91 Å². The molecule has 0 bridgehead atoms. The second kappa shape index (κ2) is 10.7. The van der Waals surface area contributed by atoms with Gasteiger partial charge in [-0.15, -0.1) is 0 Å². The third-order valence-corrected chi connectivity index (χ3v) is 6.70. The summed E-state index contributed by atoms with van der Waals surface area (Å²) in [5.74, 6) is -0.711. The molecule has 12 nitrogen and oxygen atoms in total. The van der Waals surface area contributed by atoms with Crippen molar-refractivity contribution in [2.75, 3.05) is 19.0 Å². The number of nitrogens with one attached hydrogen (secondary N) is 1. The fraction of sp³-hybridized carbons (Fsp3) is 0.207. The van der Waals surface area contributed by atoms with Crippen molar-refractivity contribution in [3.8, 4) is 16.8 Å². The molecule has 0 radical (unpaired) electrons. The molecule has 0 spiro atoms. The first-order valence-electron chi connectivity index (χ1n) is 12.7. The number of pyridine rings is 1. The number of fused-ring (bicyclic) bond motifs is 1. The highest BCUT2D eigenvalue weighted by Crippen LogP contribution is 2.24. The standard InChI is InChI=1S/C29H28N6O6/c1-16-14-22-25(24(31-16)27(37)32-20-7-5-6-19(15-20)26(30)36)34(12-13-40-4)35(28(22)38)21-10-8-18(9-11-21)23-17(2)41-33(3)29(23)39/h5-11,14-15H,12-13H2,1-4H3,(H2,30,36)(H,32,37). The lowest BCUT2D eigenvalue weighted by Crippen LogP contribution is -2.23. The van der Waals surface area contributed by atoms with Crippen molar-refractivity contribution < 1.29 is 18.8 Å². The number of amides is 2. The predicted molar refractivity (Wildman–Crippen MR) is 153 cm³/mol. The minimum atomic E-state index is -0.628. The molecule has 3 aromatic heterocycles. The van der Waals surface area contributed by atoms with Crippen LogP contribution in [0.2, 0.25) is 0 Å². The minimum Gasteiger partial charge on any atom is -0.383 e. The first-order chi connectivity index (χ1) is 19.6. The molecule has 0 saturated heterocycles. The maximum absolute atomic E-state index is 13.8. The lowest BCUT2D eigenvalue weighted by Gasteiger charge is -2.14. The van der Waals surface area contributed by atoms with Gasteiger partial charge in [0.15, 0.2) is 5.69 Å². The van der Waals surface area contributed by atoms with Crippen molar-refractivity contribution in [1.82, 2.24) is 19.1 Å². The molecule has 5 rings (SSSR count). The van der Waals surface area contributed by atoms with E-state index in [2.05, 4.69) is 10.3 Å². The molecular weight excluding hydrogens is 528 g/mol. The summed E-state index contributed by atoms with van der Waals surface area (Å²) in [6, 6.07) is 14.8. The van der Waals surface area contributed by atoms with Crippen molar-refractivity contribution in [2.24, 2.45) is 12.8 Å². The predicted octanol–water partition coefficient (Wildman–Crippen LogP) is 2.76. The lowest BCUT2D eigenvalue weighted by atomic mass is 10.1. The molecule has 0 aliphatic carbocycles. The summed E-state index contributed by atoms with van der Waals surface area (Å²) in [6.45, 7) is 3.90. The van der Waals surface area contributed by atoms with E-state index in [1.807, 2.05) is 0 Å². The molecule has 2 aromatic carbocycles. The molecular formula is C29H28N6O6. The molecule has 0 fully saturated rings. The van der Waals surface area contributed by atoms with Crippen molar-refractivity contribution in [3.05, 3.63) is 98.0 Å². The van der Waals surface area contributed by atoms with E-state index in [-0.39, 0.29) is 35.5 Å². The largest absolute Gasteiger partial charge is 0.383 e. The second-order valence-electron chi connectivity index (χ2n) is 9.51. The Bertz CT molecular complexity index is 1930. The van der Waals surface area contributed by atoms with Crippen LogP contribution in [0.5, 0.6) is 0 Å². The molecule has 3 heterocycles. The van der Waals surface area contributed by atoms with E-state index in [1.165, 1.54) is 10.7 Å². The van der Waals surface area contributed by atoms with Crippen LogP contribution in [-0.4, -0.2) is 44.6 Å². The van der Waals surface area contributed by atoms with E-state index < -0.39 is 11.8 Å². The Morgan fingerprint density at radius 2 is 1.78 bits per heavy atom. The Kier molecular flexibility index (Phi) is 7.16. The van der Waals surface area contributed by atoms with E-state index in [0.29, 0.717) is 44.9 Å². The van der Waals surface area contributed by atoms with Gasteiger partial charge < -0.3 is 20.3 Å². The van der Waals surface area contributed by atoms with Crippen LogP contribution >= 0.6 is 0 Å². The van der Waals surface area contributed by atoms with Gasteiger partial charge in [-0.3, -0.25) is 23.9 Å². The summed E-state index contributed by atoms with van der Waals surface area (Å²) in [4.78, 5) is 56.0. The average molecular weight is 557 g/mol. The third-order valence-electron chi connectivity index (χ3n) is 6.70. The number of nitrogens with two attached hydrogens (primary N) is 1. The molecule has 0 saturated carbocycles. The topological polar surface area (TPSA) is 156 Å². The van der Waals surface area contributed by atoms with E-state index in [0.717, 1.165) is 4.74 Å². The van der Waals surface area contributed by atoms with Gasteiger partial charge in [0.05, 0.1) is 29.8 Å². The number of carbonyl (C=O) groups is 2. The van der Waals surface area contributed by atoms with Gasteiger partial charge in [-0.25, -0.2) is 9.67 Å². The van der Waals surface area contributed by atoms with Gasteiger partial charge in [-0.05, 0) is 55.8 Å². The molecule has 2 amide bonds. The van der Waals surface area contributed by atoms with Crippen LogP contribution in [-0.2, 0) is 18.3 Å². The summed E-state index contributed by atoms with van der Waals surface area (Å²) in [7, 11) is 3.08. The zero-order valence-corrected chi connectivity index (χ0v) is 22.9. The fourth-order valence-electron chi connectivity index (χ4n) is 4.86. The van der Waals surface area contributed by atoms with E-state index in [1.54, 1.807) is 81.2 Å². The highest BCUT2D eigenvalue weighted by atomic mass is 16.5. The maximum Gasteiger partial charge on any atom is 0.290 e. The highest BCUT2D eigenvalue weighted by Gasteiger charge is 2.24.